The second kappa shape index (κ2) is 2.85. The quantitative estimate of drug-likeness (QED) is 0.432. The van der Waals surface area contributed by atoms with Crippen LogP contribution in [0.4, 0.5) is 0 Å². The van der Waals surface area contributed by atoms with Crippen molar-refractivity contribution in [3.8, 4) is 0 Å². The van der Waals surface area contributed by atoms with Crippen molar-refractivity contribution < 1.29 is 14.3 Å². The molecule has 1 aliphatic rings. The summed E-state index contributed by atoms with van der Waals surface area (Å²) in [5, 5.41) is 0. The minimum Gasteiger partial charge on any atom is -0.468 e. The molecule has 4 heteroatoms. The fourth-order valence-corrected chi connectivity index (χ4v) is 2.19. The van der Waals surface area contributed by atoms with Crippen LogP contribution in [0, 0.1) is 0 Å². The number of hydrogen-bond donors (Lipinski definition) is 0. The second-order valence-electron chi connectivity index (χ2n) is 2.55. The van der Waals surface area contributed by atoms with E-state index < -0.39 is 10.7 Å². The van der Waals surface area contributed by atoms with E-state index in [0.29, 0.717) is 6.42 Å². The lowest BCUT2D eigenvalue weighted by Gasteiger charge is -2.16. The minimum absolute atomic E-state index is 0.0191. The predicted octanol–water partition coefficient (Wildman–Crippen LogP) is 0.624. The lowest BCUT2D eigenvalue weighted by atomic mass is 10.0. The number of carbonyl (C=O) groups is 2. The first-order valence-electron chi connectivity index (χ1n) is 3.37. The van der Waals surface area contributed by atoms with E-state index in [1.807, 2.05) is 0 Å². The molecule has 0 aliphatic carbocycles. The van der Waals surface area contributed by atoms with Gasteiger partial charge >= 0.3 is 5.97 Å². The maximum atomic E-state index is 11.2. The maximum Gasteiger partial charge on any atom is 0.329 e. The molecule has 1 unspecified atom stereocenters. The summed E-state index contributed by atoms with van der Waals surface area (Å²) in [6, 6.07) is 0. The molecule has 1 aliphatic heterocycles. The van der Waals surface area contributed by atoms with Gasteiger partial charge in [-0.2, -0.15) is 0 Å². The molecular weight excluding hydrogens is 164 g/mol. The van der Waals surface area contributed by atoms with Crippen molar-refractivity contribution in [1.29, 1.82) is 0 Å². The Morgan fingerprint density at radius 2 is 2.36 bits per heavy atom. The first-order chi connectivity index (χ1) is 5.11. The summed E-state index contributed by atoms with van der Waals surface area (Å²) < 4.78 is 3.61. The fraction of sp³-hybridized carbons (Fsp3) is 0.714. The predicted molar refractivity (Wildman–Crippen MR) is 42.5 cm³/mol. The molecule has 0 aromatic heterocycles. The lowest BCUT2D eigenvalue weighted by molar-refractivity contribution is -0.146. The van der Waals surface area contributed by atoms with Gasteiger partial charge in [-0.15, -0.1) is 11.8 Å². The Bertz CT molecular complexity index is 202. The third-order valence-corrected chi connectivity index (χ3v) is 3.21. The zero-order valence-electron chi connectivity index (χ0n) is 6.55. The monoisotopic (exact) mass is 174 g/mol. The van der Waals surface area contributed by atoms with E-state index in [9.17, 15) is 9.59 Å². The van der Waals surface area contributed by atoms with Crippen LogP contribution in [0.2, 0.25) is 0 Å². The van der Waals surface area contributed by atoms with Crippen LogP contribution in [0.5, 0.6) is 0 Å². The van der Waals surface area contributed by atoms with Gasteiger partial charge in [-0.25, -0.2) is 0 Å². The molecule has 11 heavy (non-hydrogen) atoms. The van der Waals surface area contributed by atoms with Crippen LogP contribution in [0.3, 0.4) is 0 Å². The number of Topliss-reactive ketones (excluding diaryl/α,β-unsaturated/α-hetero) is 1. The van der Waals surface area contributed by atoms with Crippen molar-refractivity contribution in [3.05, 3.63) is 0 Å². The number of hydrogen-bond acceptors (Lipinski definition) is 4. The third kappa shape index (κ3) is 1.27. The first-order valence-corrected chi connectivity index (χ1v) is 4.35. The van der Waals surface area contributed by atoms with Crippen molar-refractivity contribution in [2.24, 2.45) is 0 Å². The summed E-state index contributed by atoms with van der Waals surface area (Å²) in [5.41, 5.74) is 0. The molecule has 1 saturated heterocycles. The summed E-state index contributed by atoms with van der Waals surface area (Å²) in [6.07, 6.45) is 0.482. The second-order valence-corrected chi connectivity index (χ2v) is 4.06. The van der Waals surface area contributed by atoms with Crippen molar-refractivity contribution in [3.63, 3.8) is 0 Å². The van der Waals surface area contributed by atoms with Crippen LogP contribution in [-0.2, 0) is 14.3 Å². The van der Waals surface area contributed by atoms with Crippen molar-refractivity contribution in [2.45, 2.75) is 18.1 Å². The molecule has 1 rings (SSSR count). The molecule has 0 saturated carbocycles. The van der Waals surface area contributed by atoms with Gasteiger partial charge in [0.25, 0.3) is 0 Å². The Hall–Kier alpha value is -0.510. The van der Waals surface area contributed by atoms with Gasteiger partial charge in [0.05, 0.1) is 7.11 Å². The van der Waals surface area contributed by atoms with Crippen LogP contribution in [0.15, 0.2) is 0 Å². The van der Waals surface area contributed by atoms with Crippen molar-refractivity contribution >= 4 is 23.5 Å². The van der Waals surface area contributed by atoms with Crippen LogP contribution >= 0.6 is 11.8 Å². The normalized spacial score (nSPS) is 30.5. The molecule has 1 heterocycles. The highest BCUT2D eigenvalue weighted by Crippen LogP contribution is 2.35. The topological polar surface area (TPSA) is 43.4 Å². The van der Waals surface area contributed by atoms with E-state index in [-0.39, 0.29) is 5.78 Å². The van der Waals surface area contributed by atoms with Gasteiger partial charge in [0, 0.05) is 12.2 Å². The third-order valence-electron chi connectivity index (χ3n) is 1.83. The van der Waals surface area contributed by atoms with Gasteiger partial charge in [0.2, 0.25) is 0 Å². The van der Waals surface area contributed by atoms with E-state index in [2.05, 4.69) is 4.74 Å². The largest absolute Gasteiger partial charge is 0.468 e. The van der Waals surface area contributed by atoms with Crippen LogP contribution in [0.25, 0.3) is 0 Å². The number of methoxy groups -OCH3 is 1. The number of thioether (sulfide) groups is 1. The molecule has 62 valence electrons. The number of rotatable bonds is 1. The molecule has 0 radical (unpaired) electrons. The average Bonchev–Trinajstić information content (AvgIpc) is 2.32. The molecule has 3 nitrogen and oxygen atoms in total. The van der Waals surface area contributed by atoms with Crippen molar-refractivity contribution in [2.75, 3.05) is 12.9 Å². The molecule has 0 spiro atoms. The van der Waals surface area contributed by atoms with E-state index in [1.165, 1.54) is 18.9 Å². The number of esters is 1. The van der Waals surface area contributed by atoms with E-state index in [4.69, 9.17) is 0 Å². The average molecular weight is 174 g/mol. The molecule has 0 bridgehead atoms. The fourth-order valence-electron chi connectivity index (χ4n) is 1.03. The molecule has 1 fully saturated rings. The zero-order valence-corrected chi connectivity index (χ0v) is 7.36. The summed E-state index contributed by atoms with van der Waals surface area (Å²) in [6.45, 7) is 1.62. The molecular formula is C7H10O3S. The van der Waals surface area contributed by atoms with E-state index in [0.717, 1.165) is 5.75 Å². The SMILES string of the molecule is COC(=O)C1(C)SCCC1=O. The Kier molecular flexibility index (Phi) is 2.23. The summed E-state index contributed by atoms with van der Waals surface area (Å²) in [5.74, 6) is 0.282. The van der Waals surface area contributed by atoms with E-state index in [1.54, 1.807) is 6.92 Å². The Balaban J connectivity index is 2.80. The highest BCUT2D eigenvalue weighted by Gasteiger charge is 2.46. The summed E-state index contributed by atoms with van der Waals surface area (Å²) in [4.78, 5) is 22.3. The van der Waals surface area contributed by atoms with Gasteiger partial charge in [0.1, 0.15) is 0 Å². The van der Waals surface area contributed by atoms with Crippen molar-refractivity contribution in [1.82, 2.24) is 0 Å². The van der Waals surface area contributed by atoms with E-state index >= 15 is 0 Å². The van der Waals surface area contributed by atoms with Crippen LogP contribution in [-0.4, -0.2) is 29.4 Å². The highest BCUT2D eigenvalue weighted by molar-refractivity contribution is 8.02. The van der Waals surface area contributed by atoms with Gasteiger partial charge < -0.3 is 4.74 Å². The number of ether oxygens (including phenoxy) is 1. The number of carbonyl (C=O) groups excluding carboxylic acids is 2. The molecule has 1 atom stereocenters. The van der Waals surface area contributed by atoms with Gasteiger partial charge in [-0.3, -0.25) is 9.59 Å². The maximum absolute atomic E-state index is 11.2. The summed E-state index contributed by atoms with van der Waals surface area (Å²) >= 11 is 1.36. The Morgan fingerprint density at radius 1 is 1.73 bits per heavy atom. The summed E-state index contributed by atoms with van der Waals surface area (Å²) in [7, 11) is 1.31. The lowest BCUT2D eigenvalue weighted by Crippen LogP contribution is -2.37. The number of ketones is 1. The van der Waals surface area contributed by atoms with Gasteiger partial charge in [-0.1, -0.05) is 0 Å². The van der Waals surface area contributed by atoms with Crippen LogP contribution in [0.1, 0.15) is 13.3 Å². The molecule has 0 N–H and O–H groups in total. The first kappa shape index (κ1) is 8.59. The Labute approximate surface area is 69.5 Å². The smallest absolute Gasteiger partial charge is 0.329 e. The van der Waals surface area contributed by atoms with Gasteiger partial charge in [0.15, 0.2) is 10.5 Å². The van der Waals surface area contributed by atoms with Crippen LogP contribution < -0.4 is 0 Å². The molecule has 0 aromatic carbocycles. The molecule has 0 amide bonds. The zero-order chi connectivity index (χ0) is 8.48. The molecule has 0 aromatic rings. The highest BCUT2D eigenvalue weighted by atomic mass is 32.2. The van der Waals surface area contributed by atoms with Gasteiger partial charge in [-0.05, 0) is 6.92 Å². The minimum atomic E-state index is -0.922. The standard InChI is InChI=1S/C7H10O3S/c1-7(6(9)10-2)5(8)3-4-11-7/h3-4H2,1-2H3. The Morgan fingerprint density at radius 3 is 2.73 bits per heavy atom.